The van der Waals surface area contributed by atoms with Crippen LogP contribution in [0.4, 0.5) is 13.2 Å². The van der Waals surface area contributed by atoms with Crippen molar-refractivity contribution >= 4 is 11.9 Å². The van der Waals surface area contributed by atoms with Crippen molar-refractivity contribution in [1.82, 2.24) is 14.8 Å². The smallest absolute Gasteiger partial charge is 0.475 e. The molecule has 2 atom stereocenters. The third-order valence-electron chi connectivity index (χ3n) is 5.78. The number of oxazole rings is 1. The number of aromatic nitrogens is 1. The zero-order valence-electron chi connectivity index (χ0n) is 18.3. The molecule has 180 valence electrons. The first-order valence-corrected chi connectivity index (χ1v) is 10.5. The number of carbonyl (C=O) groups excluding carboxylic acids is 1. The molecule has 0 aliphatic carbocycles. The minimum Gasteiger partial charge on any atom is -0.475 e. The summed E-state index contributed by atoms with van der Waals surface area (Å²) in [6, 6.07) is 10.8. The van der Waals surface area contributed by atoms with E-state index in [-0.39, 0.29) is 17.9 Å². The molecule has 1 amide bonds. The monoisotopic (exact) mass is 469 g/mol. The number of rotatable bonds is 4. The van der Waals surface area contributed by atoms with Crippen molar-refractivity contribution in [2.75, 3.05) is 26.7 Å². The summed E-state index contributed by atoms with van der Waals surface area (Å²) < 4.78 is 42.9. The Morgan fingerprint density at radius 1 is 1.24 bits per heavy atom. The summed E-state index contributed by atoms with van der Waals surface area (Å²) in [7, 11) is 1.69. The first-order chi connectivity index (χ1) is 15.6. The van der Waals surface area contributed by atoms with Gasteiger partial charge in [0.05, 0.1) is 11.8 Å². The largest absolute Gasteiger partial charge is 0.490 e. The van der Waals surface area contributed by atoms with Crippen LogP contribution in [0.2, 0.25) is 0 Å². The van der Waals surface area contributed by atoms with E-state index in [9.17, 15) is 18.0 Å². The molecular formula is C22H26F3N3O5. The molecule has 0 spiro atoms. The average molecular weight is 469 g/mol. The summed E-state index contributed by atoms with van der Waals surface area (Å²) in [5.74, 6) is -1.80. The predicted octanol–water partition coefficient (Wildman–Crippen LogP) is 3.29. The molecule has 2 aliphatic rings. The van der Waals surface area contributed by atoms with E-state index in [1.807, 2.05) is 6.07 Å². The summed E-state index contributed by atoms with van der Waals surface area (Å²) in [4.78, 5) is 30.2. The molecule has 2 aromatic rings. The van der Waals surface area contributed by atoms with E-state index in [1.54, 1.807) is 12.0 Å². The molecule has 8 nitrogen and oxygen atoms in total. The van der Waals surface area contributed by atoms with Crippen LogP contribution in [0.25, 0.3) is 0 Å². The van der Waals surface area contributed by atoms with Gasteiger partial charge in [-0.2, -0.15) is 13.2 Å². The highest BCUT2D eigenvalue weighted by molar-refractivity contribution is 5.90. The highest BCUT2D eigenvalue weighted by Gasteiger charge is 2.38. The second-order valence-electron chi connectivity index (χ2n) is 7.90. The topological polar surface area (TPSA) is 96.1 Å². The summed E-state index contributed by atoms with van der Waals surface area (Å²) in [6.45, 7) is 5.13. The summed E-state index contributed by atoms with van der Waals surface area (Å²) in [6.07, 6.45) is -3.32. The van der Waals surface area contributed by atoms with Gasteiger partial charge in [-0.25, -0.2) is 9.78 Å². The molecule has 4 rings (SSSR count). The zero-order chi connectivity index (χ0) is 24.2. The maximum atomic E-state index is 12.7. The molecule has 3 heterocycles. The molecule has 1 aromatic carbocycles. The number of hydrogen-bond acceptors (Lipinski definition) is 6. The first-order valence-electron chi connectivity index (χ1n) is 10.5. The van der Waals surface area contributed by atoms with Crippen molar-refractivity contribution < 1.29 is 37.0 Å². The molecule has 1 N–H and O–H groups in total. The average Bonchev–Trinajstić information content (AvgIpc) is 3.45. The van der Waals surface area contributed by atoms with Crippen molar-refractivity contribution in [2.24, 2.45) is 0 Å². The second-order valence-corrected chi connectivity index (χ2v) is 7.90. The Kier molecular flexibility index (Phi) is 7.75. The molecule has 1 aromatic heterocycles. The number of carbonyl (C=O) groups is 2. The highest BCUT2D eigenvalue weighted by atomic mass is 19.4. The lowest BCUT2D eigenvalue weighted by atomic mass is 10.0. The Hall–Kier alpha value is -2.92. The molecule has 1 fully saturated rings. The van der Waals surface area contributed by atoms with E-state index >= 15 is 0 Å². The van der Waals surface area contributed by atoms with E-state index in [0.717, 1.165) is 30.8 Å². The minimum atomic E-state index is -5.08. The van der Waals surface area contributed by atoms with Gasteiger partial charge in [0.2, 0.25) is 0 Å². The van der Waals surface area contributed by atoms with Crippen LogP contribution in [0, 0.1) is 0 Å². The number of benzene rings is 1. The van der Waals surface area contributed by atoms with Crippen LogP contribution < -0.4 is 0 Å². The van der Waals surface area contributed by atoms with Crippen LogP contribution in [-0.2, 0) is 22.5 Å². The minimum absolute atomic E-state index is 0.116. The van der Waals surface area contributed by atoms with Gasteiger partial charge in [0, 0.05) is 45.8 Å². The number of fused-ring (bicyclic) bond motifs is 1. The number of nitrogens with zero attached hydrogens (tertiary/aromatic N) is 3. The molecule has 0 bridgehead atoms. The summed E-state index contributed by atoms with van der Waals surface area (Å²) >= 11 is 0. The van der Waals surface area contributed by atoms with Crippen molar-refractivity contribution in [3.05, 3.63) is 53.2 Å². The van der Waals surface area contributed by atoms with Crippen LogP contribution in [0.5, 0.6) is 0 Å². The number of amides is 1. The fraction of sp³-hybridized carbons (Fsp3) is 0.500. The molecule has 2 aliphatic heterocycles. The highest BCUT2D eigenvalue weighted by Crippen LogP contribution is 2.28. The van der Waals surface area contributed by atoms with E-state index in [4.69, 9.17) is 19.1 Å². The molecule has 2 unspecified atom stereocenters. The molecule has 1 saturated heterocycles. The third-order valence-corrected chi connectivity index (χ3v) is 5.78. The van der Waals surface area contributed by atoms with Gasteiger partial charge in [0.1, 0.15) is 5.76 Å². The Morgan fingerprint density at radius 2 is 1.91 bits per heavy atom. The third kappa shape index (κ3) is 6.11. The Bertz CT molecular complexity index is 964. The van der Waals surface area contributed by atoms with E-state index in [2.05, 4.69) is 41.1 Å². The quantitative estimate of drug-likeness (QED) is 0.734. The van der Waals surface area contributed by atoms with Crippen molar-refractivity contribution in [1.29, 1.82) is 0 Å². The van der Waals surface area contributed by atoms with Crippen LogP contribution in [0.1, 0.15) is 47.1 Å². The van der Waals surface area contributed by atoms with Crippen molar-refractivity contribution in [3.8, 4) is 0 Å². The SMILES string of the molecule is COC1CCN(C(=O)c2nc3c(o2)CCN(C(C)c2ccccc2)C3)C1.O=C(O)C(F)(F)F. The fourth-order valence-electron chi connectivity index (χ4n) is 3.82. The van der Waals surface area contributed by atoms with Gasteiger partial charge in [-0.3, -0.25) is 9.69 Å². The van der Waals surface area contributed by atoms with Gasteiger partial charge in [0.15, 0.2) is 0 Å². The summed E-state index contributed by atoms with van der Waals surface area (Å²) in [5, 5.41) is 7.12. The van der Waals surface area contributed by atoms with Gasteiger partial charge in [-0.1, -0.05) is 30.3 Å². The number of halogens is 3. The van der Waals surface area contributed by atoms with Crippen LogP contribution in [0.3, 0.4) is 0 Å². The Balaban J connectivity index is 0.000000383. The van der Waals surface area contributed by atoms with Crippen LogP contribution in [0.15, 0.2) is 34.7 Å². The standard InChI is InChI=1S/C20H25N3O3.C2HF3O2/c1-14(15-6-4-3-5-7-15)22-11-9-18-17(13-22)21-19(26-18)20(24)23-10-8-16(12-23)25-2;3-2(4,5)1(6)7/h3-7,14,16H,8-13H2,1-2H3;(H,6,7). The van der Waals surface area contributed by atoms with Crippen molar-refractivity contribution in [3.63, 3.8) is 0 Å². The van der Waals surface area contributed by atoms with Gasteiger partial charge in [-0.05, 0) is 18.9 Å². The Labute approximate surface area is 188 Å². The Morgan fingerprint density at radius 3 is 2.48 bits per heavy atom. The normalized spacial score (nSPS) is 19.4. The number of carboxylic acids is 1. The maximum Gasteiger partial charge on any atom is 0.490 e. The van der Waals surface area contributed by atoms with Crippen molar-refractivity contribution in [2.45, 2.75) is 44.6 Å². The zero-order valence-corrected chi connectivity index (χ0v) is 18.3. The second kappa shape index (κ2) is 10.3. The van der Waals surface area contributed by atoms with E-state index < -0.39 is 12.1 Å². The van der Waals surface area contributed by atoms with Gasteiger partial charge >= 0.3 is 18.1 Å². The molecule has 11 heteroatoms. The van der Waals surface area contributed by atoms with Crippen LogP contribution >= 0.6 is 0 Å². The number of hydrogen-bond donors (Lipinski definition) is 1. The number of likely N-dealkylation sites (tertiary alicyclic amines) is 1. The fourth-order valence-corrected chi connectivity index (χ4v) is 3.82. The predicted molar refractivity (Wildman–Crippen MR) is 110 cm³/mol. The lowest BCUT2D eigenvalue weighted by Gasteiger charge is -2.31. The van der Waals surface area contributed by atoms with Crippen LogP contribution in [-0.4, -0.2) is 70.8 Å². The molecule has 33 heavy (non-hydrogen) atoms. The lowest BCUT2D eigenvalue weighted by Crippen LogP contribution is -2.32. The number of methoxy groups -OCH3 is 1. The molecule has 0 radical (unpaired) electrons. The van der Waals surface area contributed by atoms with Gasteiger partial charge < -0.3 is 19.2 Å². The van der Waals surface area contributed by atoms with E-state index in [0.29, 0.717) is 25.7 Å². The number of aliphatic carboxylic acids is 1. The number of alkyl halides is 3. The van der Waals surface area contributed by atoms with Gasteiger partial charge in [-0.15, -0.1) is 0 Å². The van der Waals surface area contributed by atoms with E-state index in [1.165, 1.54) is 5.56 Å². The lowest BCUT2D eigenvalue weighted by molar-refractivity contribution is -0.192. The first kappa shape index (κ1) is 24.7. The number of ether oxygens (including phenoxy) is 1. The van der Waals surface area contributed by atoms with Gasteiger partial charge in [0.25, 0.3) is 5.89 Å². The maximum absolute atomic E-state index is 12.7. The number of carboxylic acid groups (broad SMARTS) is 1. The molecule has 0 saturated carbocycles. The summed E-state index contributed by atoms with van der Waals surface area (Å²) in [5.41, 5.74) is 2.18. The molecular weight excluding hydrogens is 443 g/mol.